The van der Waals surface area contributed by atoms with E-state index in [1.165, 1.54) is 7.11 Å². The standard InChI is InChI=1S/C23H37FO5/c1-5-6-13-23(2,3)19(26)12-11-15-16(25)14-18-21(15)22(24)17(29-18)9-7-8-10-20(27)28-4/h9,11-12,15-16,18-19,21-22,25-26H,5-8,10,13-14H2,1-4H3/b12-11+,17-9-/t15-,16+,18-,19+,21+,22-/m0/s1. The number of hydrogen-bond acceptors (Lipinski definition) is 5. The highest BCUT2D eigenvalue weighted by Crippen LogP contribution is 2.47. The Labute approximate surface area is 174 Å². The van der Waals surface area contributed by atoms with Crippen molar-refractivity contribution < 1.29 is 28.9 Å². The number of unbranched alkanes of at least 4 members (excludes halogenated alkanes) is 2. The molecule has 0 bridgehead atoms. The average molecular weight is 413 g/mol. The topological polar surface area (TPSA) is 76.0 Å². The third-order valence-electron chi connectivity index (χ3n) is 6.34. The molecule has 6 heteroatoms. The fourth-order valence-electron chi connectivity index (χ4n) is 4.28. The van der Waals surface area contributed by atoms with Gasteiger partial charge in [-0.2, -0.15) is 0 Å². The molecule has 2 N–H and O–H groups in total. The number of ether oxygens (including phenoxy) is 2. The van der Waals surface area contributed by atoms with Crippen molar-refractivity contribution in [2.45, 2.75) is 90.2 Å². The van der Waals surface area contributed by atoms with Crippen LogP contribution in [0, 0.1) is 17.3 Å². The summed E-state index contributed by atoms with van der Waals surface area (Å²) in [6, 6.07) is 0. The molecule has 0 aromatic rings. The first-order chi connectivity index (χ1) is 13.7. The Morgan fingerprint density at radius 2 is 2.14 bits per heavy atom. The molecule has 1 aliphatic carbocycles. The minimum absolute atomic E-state index is 0.262. The van der Waals surface area contributed by atoms with Crippen LogP contribution in [0.25, 0.3) is 0 Å². The van der Waals surface area contributed by atoms with Crippen LogP contribution in [0.15, 0.2) is 24.0 Å². The van der Waals surface area contributed by atoms with E-state index in [1.807, 2.05) is 13.8 Å². The second-order valence-electron chi connectivity index (χ2n) is 9.01. The van der Waals surface area contributed by atoms with Crippen molar-refractivity contribution >= 4 is 5.97 Å². The predicted octanol–water partition coefficient (Wildman–Crippen LogP) is 4.08. The number of hydrogen-bond donors (Lipinski definition) is 2. The Morgan fingerprint density at radius 3 is 2.79 bits per heavy atom. The van der Waals surface area contributed by atoms with Gasteiger partial charge in [0.2, 0.25) is 0 Å². The van der Waals surface area contributed by atoms with E-state index in [-0.39, 0.29) is 23.4 Å². The highest BCUT2D eigenvalue weighted by molar-refractivity contribution is 5.69. The van der Waals surface area contributed by atoms with Gasteiger partial charge in [0.1, 0.15) is 11.9 Å². The molecule has 1 saturated carbocycles. The zero-order valence-electron chi connectivity index (χ0n) is 18.1. The summed E-state index contributed by atoms with van der Waals surface area (Å²) < 4.78 is 25.4. The number of alkyl halides is 1. The lowest BCUT2D eigenvalue weighted by molar-refractivity contribution is -0.140. The maximum absolute atomic E-state index is 15.1. The molecule has 0 amide bonds. The van der Waals surface area contributed by atoms with Gasteiger partial charge < -0.3 is 19.7 Å². The summed E-state index contributed by atoms with van der Waals surface area (Å²) in [5, 5.41) is 21.0. The zero-order valence-corrected chi connectivity index (χ0v) is 18.1. The highest BCUT2D eigenvalue weighted by atomic mass is 19.1. The van der Waals surface area contributed by atoms with E-state index in [4.69, 9.17) is 4.74 Å². The van der Waals surface area contributed by atoms with Crippen LogP contribution >= 0.6 is 0 Å². The van der Waals surface area contributed by atoms with Gasteiger partial charge in [-0.25, -0.2) is 4.39 Å². The number of allylic oxidation sites excluding steroid dienone is 2. The van der Waals surface area contributed by atoms with Crippen molar-refractivity contribution in [1.29, 1.82) is 0 Å². The minimum atomic E-state index is -1.28. The van der Waals surface area contributed by atoms with Gasteiger partial charge in [0.25, 0.3) is 0 Å². The summed E-state index contributed by atoms with van der Waals surface area (Å²) in [5.41, 5.74) is -0.262. The molecule has 0 aromatic heterocycles. The lowest BCUT2D eigenvalue weighted by Gasteiger charge is -2.29. The Kier molecular flexibility index (Phi) is 8.71. The Hall–Kier alpha value is -1.40. The largest absolute Gasteiger partial charge is 0.491 e. The number of esters is 1. The third-order valence-corrected chi connectivity index (χ3v) is 6.34. The summed E-state index contributed by atoms with van der Waals surface area (Å²) in [6.45, 7) is 6.17. The summed E-state index contributed by atoms with van der Waals surface area (Å²) in [4.78, 5) is 11.2. The summed E-state index contributed by atoms with van der Waals surface area (Å²) >= 11 is 0. The Balaban J connectivity index is 1.98. The second-order valence-corrected chi connectivity index (χ2v) is 9.01. The lowest BCUT2D eigenvalue weighted by atomic mass is 9.80. The number of halogens is 1. The molecule has 2 fully saturated rings. The van der Waals surface area contributed by atoms with Gasteiger partial charge in [0.15, 0.2) is 6.17 Å². The third kappa shape index (κ3) is 6.05. The highest BCUT2D eigenvalue weighted by Gasteiger charge is 2.53. The quantitative estimate of drug-likeness (QED) is 0.321. The van der Waals surface area contributed by atoms with E-state index >= 15 is 4.39 Å². The molecule has 0 unspecified atom stereocenters. The summed E-state index contributed by atoms with van der Waals surface area (Å²) in [7, 11) is 1.35. The van der Waals surface area contributed by atoms with Crippen molar-refractivity contribution in [2.75, 3.05) is 7.11 Å². The fraction of sp³-hybridized carbons (Fsp3) is 0.783. The molecule has 29 heavy (non-hydrogen) atoms. The van der Waals surface area contributed by atoms with Crippen molar-refractivity contribution in [1.82, 2.24) is 0 Å². The monoisotopic (exact) mass is 412 g/mol. The van der Waals surface area contributed by atoms with E-state index < -0.39 is 24.3 Å². The van der Waals surface area contributed by atoms with E-state index in [9.17, 15) is 15.0 Å². The van der Waals surface area contributed by atoms with Crippen LogP contribution in [0.5, 0.6) is 0 Å². The fourth-order valence-corrected chi connectivity index (χ4v) is 4.28. The van der Waals surface area contributed by atoms with Crippen molar-refractivity contribution in [2.24, 2.45) is 17.3 Å². The van der Waals surface area contributed by atoms with Crippen LogP contribution in [-0.2, 0) is 14.3 Å². The summed E-state index contributed by atoms with van der Waals surface area (Å²) in [6.07, 6.45) is 7.06. The zero-order chi connectivity index (χ0) is 21.6. The van der Waals surface area contributed by atoms with Crippen LogP contribution in [0.4, 0.5) is 4.39 Å². The first-order valence-corrected chi connectivity index (χ1v) is 10.8. The minimum Gasteiger partial charge on any atom is -0.491 e. The number of carbonyl (C=O) groups is 1. The maximum atomic E-state index is 15.1. The molecule has 1 aliphatic heterocycles. The SMILES string of the molecule is CCCCC(C)(C)[C@H](O)/C=C/[C@@H]1[C@@H]2[C@H](C[C@H]1O)O/C(=C\CCCC(=O)OC)[C@@H]2F. The molecule has 5 nitrogen and oxygen atoms in total. The van der Waals surface area contributed by atoms with Gasteiger partial charge in [-0.05, 0) is 30.8 Å². The molecule has 2 rings (SSSR count). The van der Waals surface area contributed by atoms with Gasteiger partial charge in [-0.3, -0.25) is 4.79 Å². The number of aliphatic hydroxyl groups is 2. The first kappa shape index (κ1) is 23.9. The van der Waals surface area contributed by atoms with Crippen LogP contribution in [0.1, 0.15) is 65.7 Å². The van der Waals surface area contributed by atoms with Crippen LogP contribution < -0.4 is 0 Å². The van der Waals surface area contributed by atoms with Crippen molar-refractivity contribution in [3.05, 3.63) is 24.0 Å². The smallest absolute Gasteiger partial charge is 0.305 e. The van der Waals surface area contributed by atoms with Gasteiger partial charge in [0, 0.05) is 24.7 Å². The number of fused-ring (bicyclic) bond motifs is 1. The molecule has 1 heterocycles. The molecule has 0 spiro atoms. The lowest BCUT2D eigenvalue weighted by Crippen LogP contribution is -2.29. The molecule has 0 aromatic carbocycles. The predicted molar refractivity (Wildman–Crippen MR) is 110 cm³/mol. The molecule has 166 valence electrons. The van der Waals surface area contributed by atoms with E-state index in [1.54, 1.807) is 18.2 Å². The first-order valence-electron chi connectivity index (χ1n) is 10.8. The number of carbonyl (C=O) groups excluding carboxylic acids is 1. The van der Waals surface area contributed by atoms with Gasteiger partial charge in [-0.15, -0.1) is 0 Å². The summed E-state index contributed by atoms with van der Waals surface area (Å²) in [5.74, 6) is -0.802. The van der Waals surface area contributed by atoms with Crippen molar-refractivity contribution in [3.8, 4) is 0 Å². The van der Waals surface area contributed by atoms with E-state index in [0.29, 0.717) is 31.4 Å². The second kappa shape index (κ2) is 10.6. The van der Waals surface area contributed by atoms with Crippen LogP contribution in [0.2, 0.25) is 0 Å². The number of rotatable bonds is 10. The molecule has 1 saturated heterocycles. The number of methoxy groups -OCH3 is 1. The molecule has 2 aliphatic rings. The molecular formula is C23H37FO5. The molecule has 6 atom stereocenters. The Morgan fingerprint density at radius 1 is 1.41 bits per heavy atom. The normalized spacial score (nSPS) is 31.8. The van der Waals surface area contributed by atoms with Gasteiger partial charge in [0.05, 0.1) is 19.3 Å². The molecular weight excluding hydrogens is 375 g/mol. The van der Waals surface area contributed by atoms with E-state index in [0.717, 1.165) is 19.3 Å². The molecule has 0 radical (unpaired) electrons. The van der Waals surface area contributed by atoms with Gasteiger partial charge in [-0.1, -0.05) is 45.8 Å². The average Bonchev–Trinajstić information content (AvgIpc) is 3.16. The van der Waals surface area contributed by atoms with Crippen molar-refractivity contribution in [3.63, 3.8) is 0 Å². The van der Waals surface area contributed by atoms with E-state index in [2.05, 4.69) is 11.7 Å². The van der Waals surface area contributed by atoms with Crippen LogP contribution in [0.3, 0.4) is 0 Å². The van der Waals surface area contributed by atoms with Crippen LogP contribution in [-0.4, -0.2) is 47.8 Å². The Bertz CT molecular complexity index is 600. The number of aliphatic hydroxyl groups excluding tert-OH is 2. The maximum Gasteiger partial charge on any atom is 0.305 e. The van der Waals surface area contributed by atoms with Gasteiger partial charge >= 0.3 is 5.97 Å².